The fourth-order valence-electron chi connectivity index (χ4n) is 3.93. The number of carbonyl (C=O) groups excluding carboxylic acids is 1. The second kappa shape index (κ2) is 10.6. The van der Waals surface area contributed by atoms with Gasteiger partial charge in [0.25, 0.3) is 5.56 Å². The van der Waals surface area contributed by atoms with E-state index in [9.17, 15) is 14.9 Å². The van der Waals surface area contributed by atoms with Gasteiger partial charge in [0.05, 0.1) is 34.3 Å². The average Bonchev–Trinajstić information content (AvgIpc) is 3.20. The van der Waals surface area contributed by atoms with E-state index in [0.29, 0.717) is 9.20 Å². The van der Waals surface area contributed by atoms with E-state index >= 15 is 0 Å². The van der Waals surface area contributed by atoms with Crippen LogP contribution in [-0.2, 0) is 9.53 Å². The van der Waals surface area contributed by atoms with Gasteiger partial charge >= 0.3 is 5.97 Å². The Balaban J connectivity index is 2.03. The zero-order valence-corrected chi connectivity index (χ0v) is 21.9. The molecule has 0 unspecified atom stereocenters. The normalized spacial score (nSPS) is 15.7. The molecular formula is C26H23N3O3S3. The number of carbonyl (C=O) groups is 1. The van der Waals surface area contributed by atoms with E-state index < -0.39 is 11.9 Å². The largest absolute Gasteiger partial charge is 0.463 e. The van der Waals surface area contributed by atoms with Crippen molar-refractivity contribution in [3.05, 3.63) is 84.8 Å². The Labute approximate surface area is 215 Å². The van der Waals surface area contributed by atoms with Gasteiger partial charge < -0.3 is 10.5 Å². The van der Waals surface area contributed by atoms with Gasteiger partial charge in [0.1, 0.15) is 10.5 Å². The van der Waals surface area contributed by atoms with Crippen LogP contribution in [0.15, 0.2) is 68.7 Å². The number of fused-ring (bicyclic) bond motifs is 1. The molecule has 0 fully saturated rings. The van der Waals surface area contributed by atoms with Gasteiger partial charge in [-0.3, -0.25) is 9.36 Å². The number of benzene rings is 2. The Kier molecular flexibility index (Phi) is 7.55. The molecule has 6 nitrogen and oxygen atoms in total. The summed E-state index contributed by atoms with van der Waals surface area (Å²) in [5, 5.41) is 10.1. The van der Waals surface area contributed by atoms with Crippen LogP contribution in [0.25, 0.3) is 17.5 Å². The van der Waals surface area contributed by atoms with Gasteiger partial charge in [0.15, 0.2) is 0 Å². The highest BCUT2D eigenvalue weighted by Crippen LogP contribution is 2.37. The molecular weight excluding hydrogens is 499 g/mol. The molecule has 2 N–H and O–H groups in total. The standard InChI is InChI=1S/C26H23N3O3S3/c1-4-32-26(31)22-21(16-7-11-18(34-3)12-8-16)19(14-27)23(28)29-24(30)20(35-25(22)29)13-15-5-9-17(33-2)10-6-15/h5-13,21H,4,28H2,1-3H3/b20-13-/t21-/m0/s1. The fraction of sp³-hybridized carbons (Fsp3) is 0.192. The summed E-state index contributed by atoms with van der Waals surface area (Å²) < 4.78 is 7.45. The molecule has 2 aromatic carbocycles. The number of hydrogen-bond acceptors (Lipinski definition) is 8. The van der Waals surface area contributed by atoms with Crippen molar-refractivity contribution in [2.75, 3.05) is 19.1 Å². The van der Waals surface area contributed by atoms with Crippen molar-refractivity contribution in [2.45, 2.75) is 22.6 Å². The highest BCUT2D eigenvalue weighted by atomic mass is 32.2. The van der Waals surface area contributed by atoms with Crippen molar-refractivity contribution < 1.29 is 9.53 Å². The number of nitrogens with two attached hydrogens (primary N) is 1. The topological polar surface area (TPSA) is 98.1 Å². The first-order chi connectivity index (χ1) is 16.9. The zero-order valence-electron chi connectivity index (χ0n) is 19.4. The number of rotatable bonds is 6. The maximum Gasteiger partial charge on any atom is 0.338 e. The Morgan fingerprint density at radius 2 is 1.74 bits per heavy atom. The number of ether oxygens (including phenoxy) is 1. The first-order valence-electron chi connectivity index (χ1n) is 10.8. The Morgan fingerprint density at radius 1 is 1.14 bits per heavy atom. The summed E-state index contributed by atoms with van der Waals surface area (Å²) in [4.78, 5) is 28.8. The Bertz CT molecular complexity index is 1530. The van der Waals surface area contributed by atoms with Crippen LogP contribution in [0.5, 0.6) is 0 Å². The first kappa shape index (κ1) is 24.9. The van der Waals surface area contributed by atoms with E-state index in [2.05, 4.69) is 6.07 Å². The zero-order chi connectivity index (χ0) is 25.1. The third-order valence-electron chi connectivity index (χ3n) is 5.63. The minimum atomic E-state index is -0.735. The van der Waals surface area contributed by atoms with E-state index in [1.807, 2.05) is 61.0 Å². The molecule has 0 radical (unpaired) electrons. The lowest BCUT2D eigenvalue weighted by atomic mass is 9.84. The highest BCUT2D eigenvalue weighted by Gasteiger charge is 2.36. The number of nitrogens with zero attached hydrogens (tertiary/aromatic N) is 2. The van der Waals surface area contributed by atoms with Crippen molar-refractivity contribution in [3.63, 3.8) is 0 Å². The highest BCUT2D eigenvalue weighted by molar-refractivity contribution is 7.98. The molecule has 1 aromatic heterocycles. The van der Waals surface area contributed by atoms with Crippen molar-refractivity contribution in [1.82, 2.24) is 4.57 Å². The van der Waals surface area contributed by atoms with Gasteiger partial charge in [-0.2, -0.15) is 5.26 Å². The van der Waals surface area contributed by atoms with E-state index in [0.717, 1.165) is 20.9 Å². The molecule has 35 heavy (non-hydrogen) atoms. The third-order valence-corrected chi connectivity index (χ3v) is 8.22. The number of esters is 1. The summed E-state index contributed by atoms with van der Waals surface area (Å²) in [7, 11) is 0. The molecule has 4 rings (SSSR count). The molecule has 1 aliphatic rings. The van der Waals surface area contributed by atoms with Gasteiger partial charge in [-0.1, -0.05) is 24.3 Å². The lowest BCUT2D eigenvalue weighted by molar-refractivity contribution is -0.136. The van der Waals surface area contributed by atoms with E-state index in [-0.39, 0.29) is 29.1 Å². The number of aromatic nitrogens is 1. The van der Waals surface area contributed by atoms with Gasteiger partial charge in [-0.25, -0.2) is 4.79 Å². The maximum atomic E-state index is 13.4. The summed E-state index contributed by atoms with van der Waals surface area (Å²) in [6.45, 7) is 1.88. The van der Waals surface area contributed by atoms with Crippen molar-refractivity contribution >= 4 is 58.3 Å². The minimum absolute atomic E-state index is 0.0353. The Morgan fingerprint density at radius 3 is 2.29 bits per heavy atom. The number of thiazole rings is 1. The molecule has 0 amide bonds. The van der Waals surface area contributed by atoms with Crippen molar-refractivity contribution in [2.24, 2.45) is 5.73 Å². The molecule has 9 heteroatoms. The molecule has 1 atom stereocenters. The molecule has 1 aliphatic heterocycles. The predicted molar refractivity (Wildman–Crippen MR) is 144 cm³/mol. The molecule has 0 spiro atoms. The van der Waals surface area contributed by atoms with Gasteiger partial charge in [-0.05, 0) is 60.9 Å². The van der Waals surface area contributed by atoms with E-state index in [1.165, 1.54) is 15.9 Å². The maximum absolute atomic E-state index is 13.4. The Hall–Kier alpha value is -3.19. The SMILES string of the molecule is CCOC(=O)C1=c2s/c(=C\c3ccc(SC)cc3)c(=O)n2C(N)=C(C#N)[C@@H]1c1ccc(SC)cc1. The molecule has 0 aliphatic carbocycles. The van der Waals surface area contributed by atoms with Crippen LogP contribution in [0.4, 0.5) is 0 Å². The van der Waals surface area contributed by atoms with Crippen LogP contribution in [0.3, 0.4) is 0 Å². The van der Waals surface area contributed by atoms with Gasteiger partial charge in [0.2, 0.25) is 0 Å². The summed E-state index contributed by atoms with van der Waals surface area (Å²) >= 11 is 4.40. The average molecular weight is 522 g/mol. The number of hydrogen-bond donors (Lipinski definition) is 1. The second-order valence-corrected chi connectivity index (χ2v) is 10.4. The monoisotopic (exact) mass is 521 g/mol. The van der Waals surface area contributed by atoms with Crippen LogP contribution < -0.4 is 20.5 Å². The smallest absolute Gasteiger partial charge is 0.338 e. The summed E-state index contributed by atoms with van der Waals surface area (Å²) in [5.41, 5.74) is 8.01. The summed E-state index contributed by atoms with van der Waals surface area (Å²) in [5.74, 6) is -1.27. The van der Waals surface area contributed by atoms with E-state index in [1.54, 1.807) is 36.5 Å². The van der Waals surface area contributed by atoms with Crippen molar-refractivity contribution in [3.8, 4) is 6.07 Å². The second-order valence-electron chi connectivity index (χ2n) is 7.58. The molecule has 0 bridgehead atoms. The van der Waals surface area contributed by atoms with Crippen LogP contribution in [0, 0.1) is 11.3 Å². The molecule has 2 heterocycles. The number of nitriles is 1. The molecule has 0 saturated heterocycles. The van der Waals surface area contributed by atoms with Gasteiger partial charge in [-0.15, -0.1) is 34.9 Å². The minimum Gasteiger partial charge on any atom is -0.463 e. The molecule has 178 valence electrons. The quantitative estimate of drug-likeness (QED) is 0.392. The summed E-state index contributed by atoms with van der Waals surface area (Å²) in [6.07, 6.45) is 5.74. The third kappa shape index (κ3) is 4.69. The molecule has 3 aromatic rings. The van der Waals surface area contributed by atoms with Crippen LogP contribution in [-0.4, -0.2) is 29.7 Å². The van der Waals surface area contributed by atoms with Crippen LogP contribution >= 0.6 is 34.9 Å². The lowest BCUT2D eigenvalue weighted by Crippen LogP contribution is -2.40. The lowest BCUT2D eigenvalue weighted by Gasteiger charge is -2.24. The molecule has 0 saturated carbocycles. The fourth-order valence-corrected chi connectivity index (χ4v) is 5.92. The first-order valence-corrected chi connectivity index (χ1v) is 14.0. The predicted octanol–water partition coefficient (Wildman–Crippen LogP) is 3.34. The number of allylic oxidation sites excluding steroid dienone is 1. The van der Waals surface area contributed by atoms with Crippen molar-refractivity contribution in [1.29, 1.82) is 5.26 Å². The number of thioether (sulfide) groups is 2. The van der Waals surface area contributed by atoms with Gasteiger partial charge in [0, 0.05) is 9.79 Å². The van der Waals surface area contributed by atoms with Crippen LogP contribution in [0.2, 0.25) is 0 Å². The summed E-state index contributed by atoms with van der Waals surface area (Å²) in [6, 6.07) is 17.6. The van der Waals surface area contributed by atoms with Crippen LogP contribution in [0.1, 0.15) is 24.0 Å². The van der Waals surface area contributed by atoms with E-state index in [4.69, 9.17) is 10.5 Å².